The molecule has 2 aromatic carbocycles. The minimum Gasteiger partial charge on any atom is -0.380 e. The number of rotatable bonds is 3. The number of nitrogens with one attached hydrogen (secondary N) is 1. The van der Waals surface area contributed by atoms with Crippen molar-refractivity contribution in [3.63, 3.8) is 0 Å². The van der Waals surface area contributed by atoms with Gasteiger partial charge in [0.05, 0.1) is 17.4 Å². The molecular formula is C18H18N2. The molecule has 0 unspecified atom stereocenters. The highest BCUT2D eigenvalue weighted by Gasteiger charge is 2.00. The Morgan fingerprint density at radius 2 is 1.85 bits per heavy atom. The van der Waals surface area contributed by atoms with Crippen LogP contribution in [0.1, 0.15) is 16.7 Å². The average molecular weight is 262 g/mol. The first-order chi connectivity index (χ1) is 9.72. The van der Waals surface area contributed by atoms with Gasteiger partial charge in [0.2, 0.25) is 0 Å². The van der Waals surface area contributed by atoms with Gasteiger partial charge in [0.15, 0.2) is 0 Å². The van der Waals surface area contributed by atoms with E-state index >= 15 is 0 Å². The Morgan fingerprint density at radius 1 is 1.00 bits per heavy atom. The van der Waals surface area contributed by atoms with E-state index in [1.165, 1.54) is 22.1 Å². The SMILES string of the molecule is Cc1ccc(C)c(CNc2cnc3ccccc3c2)c1. The van der Waals surface area contributed by atoms with Gasteiger partial charge in [-0.2, -0.15) is 0 Å². The number of aryl methyl sites for hydroxylation is 2. The molecule has 0 aliphatic heterocycles. The Bertz CT molecular complexity index is 747. The number of anilines is 1. The molecule has 0 atom stereocenters. The first-order valence-electron chi connectivity index (χ1n) is 6.87. The van der Waals surface area contributed by atoms with Crippen LogP contribution < -0.4 is 5.32 Å². The van der Waals surface area contributed by atoms with Gasteiger partial charge in [-0.1, -0.05) is 42.0 Å². The third-order valence-electron chi connectivity index (χ3n) is 3.58. The van der Waals surface area contributed by atoms with E-state index in [4.69, 9.17) is 0 Å². The van der Waals surface area contributed by atoms with E-state index < -0.39 is 0 Å². The lowest BCUT2D eigenvalue weighted by atomic mass is 10.1. The summed E-state index contributed by atoms with van der Waals surface area (Å²) in [6, 6.07) is 16.9. The average Bonchev–Trinajstić information content (AvgIpc) is 2.48. The summed E-state index contributed by atoms with van der Waals surface area (Å²) in [4.78, 5) is 4.47. The Labute approximate surface area is 119 Å². The third kappa shape index (κ3) is 2.64. The van der Waals surface area contributed by atoms with Crippen molar-refractivity contribution in [3.8, 4) is 0 Å². The number of pyridine rings is 1. The number of nitrogens with zero attached hydrogens (tertiary/aromatic N) is 1. The van der Waals surface area contributed by atoms with Crippen LogP contribution in [0.5, 0.6) is 0 Å². The number of hydrogen-bond acceptors (Lipinski definition) is 2. The molecule has 2 heteroatoms. The van der Waals surface area contributed by atoms with Crippen LogP contribution in [0.4, 0.5) is 5.69 Å². The zero-order valence-electron chi connectivity index (χ0n) is 11.9. The van der Waals surface area contributed by atoms with Crippen molar-refractivity contribution in [2.75, 3.05) is 5.32 Å². The molecule has 3 rings (SSSR count). The summed E-state index contributed by atoms with van der Waals surface area (Å²) >= 11 is 0. The minimum absolute atomic E-state index is 0.827. The molecule has 0 amide bonds. The van der Waals surface area contributed by atoms with Crippen molar-refractivity contribution in [2.24, 2.45) is 0 Å². The largest absolute Gasteiger partial charge is 0.380 e. The molecule has 0 aliphatic rings. The van der Waals surface area contributed by atoms with Gasteiger partial charge < -0.3 is 5.32 Å². The first-order valence-corrected chi connectivity index (χ1v) is 6.87. The minimum atomic E-state index is 0.827. The maximum absolute atomic E-state index is 4.47. The van der Waals surface area contributed by atoms with Gasteiger partial charge in [-0.05, 0) is 37.1 Å². The lowest BCUT2D eigenvalue weighted by Crippen LogP contribution is -2.02. The Hall–Kier alpha value is -2.35. The number of aromatic nitrogens is 1. The zero-order chi connectivity index (χ0) is 13.9. The van der Waals surface area contributed by atoms with E-state index in [-0.39, 0.29) is 0 Å². The third-order valence-corrected chi connectivity index (χ3v) is 3.58. The van der Waals surface area contributed by atoms with Crippen molar-refractivity contribution in [1.82, 2.24) is 4.98 Å². The van der Waals surface area contributed by atoms with Gasteiger partial charge in [-0.25, -0.2) is 0 Å². The molecule has 3 aromatic rings. The molecular weight excluding hydrogens is 244 g/mol. The molecule has 1 heterocycles. The molecule has 2 nitrogen and oxygen atoms in total. The van der Waals surface area contributed by atoms with E-state index in [9.17, 15) is 0 Å². The van der Waals surface area contributed by atoms with Crippen LogP contribution in [0.15, 0.2) is 54.7 Å². The lowest BCUT2D eigenvalue weighted by molar-refractivity contribution is 1.11. The summed E-state index contributed by atoms with van der Waals surface area (Å²) < 4.78 is 0. The Balaban J connectivity index is 1.81. The molecule has 20 heavy (non-hydrogen) atoms. The van der Waals surface area contributed by atoms with Crippen LogP contribution in [-0.4, -0.2) is 4.98 Å². The summed E-state index contributed by atoms with van der Waals surface area (Å²) in [7, 11) is 0. The maximum atomic E-state index is 4.47. The van der Waals surface area contributed by atoms with Crippen LogP contribution in [0.3, 0.4) is 0 Å². The van der Waals surface area contributed by atoms with Crippen LogP contribution in [0.2, 0.25) is 0 Å². The van der Waals surface area contributed by atoms with Crippen LogP contribution in [0, 0.1) is 13.8 Å². The summed E-state index contributed by atoms with van der Waals surface area (Å²) in [6.45, 7) is 5.10. The second kappa shape index (κ2) is 5.33. The normalized spacial score (nSPS) is 10.7. The fraction of sp³-hybridized carbons (Fsp3) is 0.167. The van der Waals surface area contributed by atoms with Crippen molar-refractivity contribution in [1.29, 1.82) is 0 Å². The molecule has 0 spiro atoms. The predicted octanol–water partition coefficient (Wildman–Crippen LogP) is 4.46. The number of para-hydroxylation sites is 1. The number of fused-ring (bicyclic) bond motifs is 1. The molecule has 1 N–H and O–H groups in total. The molecule has 1 aromatic heterocycles. The standard InChI is InChI=1S/C18H18N2/c1-13-7-8-14(2)16(9-13)11-19-17-10-15-5-3-4-6-18(15)20-12-17/h3-10,12,19H,11H2,1-2H3. The van der Waals surface area contributed by atoms with Crippen LogP contribution in [0.25, 0.3) is 10.9 Å². The van der Waals surface area contributed by atoms with E-state index in [1.54, 1.807) is 0 Å². The molecule has 0 bridgehead atoms. The quantitative estimate of drug-likeness (QED) is 0.753. The van der Waals surface area contributed by atoms with Gasteiger partial charge >= 0.3 is 0 Å². The predicted molar refractivity (Wildman–Crippen MR) is 85.0 cm³/mol. The highest BCUT2D eigenvalue weighted by molar-refractivity contribution is 5.81. The second-order valence-corrected chi connectivity index (χ2v) is 5.20. The van der Waals surface area contributed by atoms with E-state index in [0.717, 1.165) is 17.7 Å². The van der Waals surface area contributed by atoms with E-state index in [2.05, 4.69) is 54.5 Å². The second-order valence-electron chi connectivity index (χ2n) is 5.20. The fourth-order valence-corrected chi connectivity index (χ4v) is 2.36. The molecule has 0 saturated heterocycles. The molecule has 0 aliphatic carbocycles. The van der Waals surface area contributed by atoms with E-state index in [1.807, 2.05) is 24.4 Å². The van der Waals surface area contributed by atoms with E-state index in [0.29, 0.717) is 0 Å². The van der Waals surface area contributed by atoms with Crippen molar-refractivity contribution >= 4 is 16.6 Å². The van der Waals surface area contributed by atoms with Crippen molar-refractivity contribution in [2.45, 2.75) is 20.4 Å². The monoisotopic (exact) mass is 262 g/mol. The van der Waals surface area contributed by atoms with Gasteiger partial charge in [-0.15, -0.1) is 0 Å². The van der Waals surface area contributed by atoms with Gasteiger partial charge in [0, 0.05) is 11.9 Å². The summed E-state index contributed by atoms with van der Waals surface area (Å²) in [5, 5.41) is 4.62. The maximum Gasteiger partial charge on any atom is 0.0703 e. The topological polar surface area (TPSA) is 24.9 Å². The van der Waals surface area contributed by atoms with Crippen molar-refractivity contribution < 1.29 is 0 Å². The molecule has 100 valence electrons. The summed E-state index contributed by atoms with van der Waals surface area (Å²) in [5.74, 6) is 0. The fourth-order valence-electron chi connectivity index (χ4n) is 2.36. The Morgan fingerprint density at radius 3 is 2.75 bits per heavy atom. The van der Waals surface area contributed by atoms with Gasteiger partial charge in [-0.3, -0.25) is 4.98 Å². The summed E-state index contributed by atoms with van der Waals surface area (Å²) in [6.07, 6.45) is 1.90. The number of hydrogen-bond donors (Lipinski definition) is 1. The first kappa shape index (κ1) is 12.7. The molecule has 0 fully saturated rings. The molecule has 0 radical (unpaired) electrons. The van der Waals surface area contributed by atoms with Crippen molar-refractivity contribution in [3.05, 3.63) is 71.4 Å². The lowest BCUT2D eigenvalue weighted by Gasteiger charge is -2.10. The highest BCUT2D eigenvalue weighted by atomic mass is 14.9. The Kier molecular flexibility index (Phi) is 3.38. The van der Waals surface area contributed by atoms with Crippen LogP contribution in [-0.2, 0) is 6.54 Å². The zero-order valence-corrected chi connectivity index (χ0v) is 11.9. The van der Waals surface area contributed by atoms with Gasteiger partial charge in [0.25, 0.3) is 0 Å². The highest BCUT2D eigenvalue weighted by Crippen LogP contribution is 2.18. The summed E-state index contributed by atoms with van der Waals surface area (Å²) in [5.41, 5.74) is 6.04. The number of benzene rings is 2. The van der Waals surface area contributed by atoms with Crippen LogP contribution >= 0.6 is 0 Å². The van der Waals surface area contributed by atoms with Gasteiger partial charge in [0.1, 0.15) is 0 Å². The molecule has 0 saturated carbocycles. The smallest absolute Gasteiger partial charge is 0.0703 e.